The molecule has 2 aliphatic rings. The monoisotopic (exact) mass is 498 g/mol. The fourth-order valence-electron chi connectivity index (χ4n) is 3.46. The molecule has 9 heteroatoms. The molecule has 0 saturated carbocycles. The number of piperazine rings is 1. The van der Waals surface area contributed by atoms with Crippen LogP contribution in [0, 0.1) is 0 Å². The number of carbonyl (C=O) groups is 1. The number of hydrogen-bond acceptors (Lipinski definition) is 6. The van der Waals surface area contributed by atoms with Crippen molar-refractivity contribution in [3.63, 3.8) is 0 Å². The van der Waals surface area contributed by atoms with Gasteiger partial charge in [-0.15, -0.1) is 24.0 Å². The lowest BCUT2D eigenvalue weighted by Crippen LogP contribution is -2.57. The summed E-state index contributed by atoms with van der Waals surface area (Å²) >= 11 is 0. The van der Waals surface area contributed by atoms with E-state index in [4.69, 9.17) is 4.74 Å². The number of nitrogens with one attached hydrogen (secondary N) is 1. The molecule has 2 aromatic rings. The standard InChI is InChI=1S/C19H26N6O2.HI/c1-19(2,3)27-18(26)24-8-9-25-15(13-24)11-21-17(25)20-10-14-12-23-7-5-4-6-16(23)22-14;/h4-7,12,15H,8-11,13H2,1-3H3,(H,20,21);1H. The zero-order valence-electron chi connectivity index (χ0n) is 16.5. The number of aliphatic imine (C=N–C) groups is 1. The lowest BCUT2D eigenvalue weighted by Gasteiger charge is -2.39. The summed E-state index contributed by atoms with van der Waals surface area (Å²) in [5, 5.41) is 3.41. The Morgan fingerprint density at radius 2 is 2.14 bits per heavy atom. The third-order valence-corrected chi connectivity index (χ3v) is 4.70. The highest BCUT2D eigenvalue weighted by molar-refractivity contribution is 14.0. The lowest BCUT2D eigenvalue weighted by molar-refractivity contribution is 0.0137. The van der Waals surface area contributed by atoms with Crippen molar-refractivity contribution in [2.75, 3.05) is 26.2 Å². The number of carbonyl (C=O) groups excluding carboxylic acids is 1. The van der Waals surface area contributed by atoms with Crippen LogP contribution in [-0.4, -0.2) is 69.1 Å². The Morgan fingerprint density at radius 3 is 2.89 bits per heavy atom. The van der Waals surface area contributed by atoms with E-state index in [-0.39, 0.29) is 36.1 Å². The minimum absolute atomic E-state index is 0. The van der Waals surface area contributed by atoms with Crippen molar-refractivity contribution < 1.29 is 9.53 Å². The molecule has 1 unspecified atom stereocenters. The normalized spacial score (nSPS) is 19.1. The maximum Gasteiger partial charge on any atom is 0.410 e. The number of fused-ring (bicyclic) bond motifs is 2. The Balaban J connectivity index is 0.00000225. The fourth-order valence-corrected chi connectivity index (χ4v) is 3.46. The number of aromatic nitrogens is 2. The lowest BCUT2D eigenvalue weighted by atomic mass is 10.2. The van der Waals surface area contributed by atoms with Crippen LogP contribution in [0.3, 0.4) is 0 Å². The second-order valence-electron chi connectivity index (χ2n) is 7.99. The molecule has 2 aliphatic heterocycles. The van der Waals surface area contributed by atoms with Gasteiger partial charge < -0.3 is 24.3 Å². The molecular weight excluding hydrogens is 471 g/mol. The summed E-state index contributed by atoms with van der Waals surface area (Å²) in [7, 11) is 0. The minimum Gasteiger partial charge on any atom is -0.444 e. The molecule has 0 radical (unpaired) electrons. The van der Waals surface area contributed by atoms with Crippen LogP contribution in [0.5, 0.6) is 0 Å². The quantitative estimate of drug-likeness (QED) is 0.644. The minimum atomic E-state index is -0.471. The Labute approximate surface area is 182 Å². The fraction of sp³-hybridized carbons (Fsp3) is 0.526. The third-order valence-electron chi connectivity index (χ3n) is 4.70. The first-order valence-corrected chi connectivity index (χ1v) is 9.34. The summed E-state index contributed by atoms with van der Waals surface area (Å²) < 4.78 is 7.50. The number of pyridine rings is 1. The first-order valence-electron chi connectivity index (χ1n) is 9.34. The SMILES string of the molecule is CC(C)(C)OC(=O)N1CCN2C(NCc3cn4ccccc4n3)=NCC2C1.I. The molecule has 0 bridgehead atoms. The van der Waals surface area contributed by atoms with E-state index in [0.29, 0.717) is 26.2 Å². The van der Waals surface area contributed by atoms with E-state index in [1.54, 1.807) is 4.90 Å². The second kappa shape index (κ2) is 8.14. The number of rotatable bonds is 2. The largest absolute Gasteiger partial charge is 0.444 e. The van der Waals surface area contributed by atoms with Crippen LogP contribution in [0.15, 0.2) is 35.6 Å². The van der Waals surface area contributed by atoms with E-state index < -0.39 is 5.60 Å². The number of hydrogen-bond donors (Lipinski definition) is 1. The van der Waals surface area contributed by atoms with Gasteiger partial charge in [0.25, 0.3) is 0 Å². The molecule has 4 heterocycles. The molecule has 1 N–H and O–H groups in total. The van der Waals surface area contributed by atoms with Gasteiger partial charge in [-0.05, 0) is 32.9 Å². The smallest absolute Gasteiger partial charge is 0.410 e. The van der Waals surface area contributed by atoms with E-state index in [1.807, 2.05) is 55.8 Å². The number of ether oxygens (including phenoxy) is 1. The van der Waals surface area contributed by atoms with Crippen LogP contribution < -0.4 is 5.32 Å². The van der Waals surface area contributed by atoms with Gasteiger partial charge in [-0.1, -0.05) is 6.07 Å². The zero-order chi connectivity index (χ0) is 19.0. The van der Waals surface area contributed by atoms with Gasteiger partial charge in [-0.25, -0.2) is 9.78 Å². The molecule has 4 rings (SSSR count). The van der Waals surface area contributed by atoms with Crippen molar-refractivity contribution in [1.82, 2.24) is 24.5 Å². The molecule has 1 atom stereocenters. The van der Waals surface area contributed by atoms with Gasteiger partial charge in [0.2, 0.25) is 0 Å². The Hall–Kier alpha value is -2.04. The first-order chi connectivity index (χ1) is 12.9. The highest BCUT2D eigenvalue weighted by Crippen LogP contribution is 2.18. The van der Waals surface area contributed by atoms with Crippen molar-refractivity contribution in [3.05, 3.63) is 36.3 Å². The van der Waals surface area contributed by atoms with Crippen LogP contribution in [0.2, 0.25) is 0 Å². The van der Waals surface area contributed by atoms with E-state index in [2.05, 4.69) is 20.2 Å². The molecule has 28 heavy (non-hydrogen) atoms. The van der Waals surface area contributed by atoms with E-state index >= 15 is 0 Å². The Kier molecular flexibility index (Phi) is 6.01. The molecule has 152 valence electrons. The highest BCUT2D eigenvalue weighted by Gasteiger charge is 2.36. The maximum atomic E-state index is 12.3. The van der Waals surface area contributed by atoms with Crippen molar-refractivity contribution in [2.24, 2.45) is 4.99 Å². The number of nitrogens with zero attached hydrogens (tertiary/aromatic N) is 5. The summed E-state index contributed by atoms with van der Waals surface area (Å²) in [5.74, 6) is 0.890. The summed E-state index contributed by atoms with van der Waals surface area (Å²) in [6.07, 6.45) is 3.77. The summed E-state index contributed by atoms with van der Waals surface area (Å²) in [6.45, 7) is 9.01. The van der Waals surface area contributed by atoms with Gasteiger partial charge in [0.15, 0.2) is 5.96 Å². The van der Waals surface area contributed by atoms with Gasteiger partial charge in [-0.3, -0.25) is 4.99 Å². The predicted molar refractivity (Wildman–Crippen MR) is 118 cm³/mol. The molecule has 1 saturated heterocycles. The van der Waals surface area contributed by atoms with Gasteiger partial charge in [0.05, 0.1) is 24.8 Å². The molecule has 0 aliphatic carbocycles. The molecular formula is C19H27IN6O2. The van der Waals surface area contributed by atoms with E-state index in [1.165, 1.54) is 0 Å². The first kappa shape index (κ1) is 20.7. The van der Waals surface area contributed by atoms with E-state index in [9.17, 15) is 4.79 Å². The summed E-state index contributed by atoms with van der Waals surface area (Å²) in [6, 6.07) is 6.16. The second-order valence-corrected chi connectivity index (χ2v) is 7.99. The third kappa shape index (κ3) is 4.50. The zero-order valence-corrected chi connectivity index (χ0v) is 18.8. The number of guanidine groups is 1. The van der Waals surface area contributed by atoms with Crippen molar-refractivity contribution >= 4 is 41.7 Å². The van der Waals surface area contributed by atoms with Crippen LogP contribution in [0.1, 0.15) is 26.5 Å². The average Bonchev–Trinajstić information content (AvgIpc) is 3.21. The number of halogens is 1. The average molecular weight is 498 g/mol. The van der Waals surface area contributed by atoms with Gasteiger partial charge in [0.1, 0.15) is 11.2 Å². The molecule has 0 aromatic carbocycles. The van der Waals surface area contributed by atoms with Gasteiger partial charge in [0, 0.05) is 32.0 Å². The molecule has 1 fully saturated rings. The van der Waals surface area contributed by atoms with Crippen LogP contribution in [-0.2, 0) is 11.3 Å². The van der Waals surface area contributed by atoms with Gasteiger partial charge >= 0.3 is 6.09 Å². The summed E-state index contributed by atoms with van der Waals surface area (Å²) in [5.41, 5.74) is 1.44. The number of imidazole rings is 1. The molecule has 2 aromatic heterocycles. The number of amides is 1. The molecule has 1 amide bonds. The van der Waals surface area contributed by atoms with Crippen LogP contribution >= 0.6 is 24.0 Å². The van der Waals surface area contributed by atoms with E-state index in [0.717, 1.165) is 23.8 Å². The van der Waals surface area contributed by atoms with Crippen molar-refractivity contribution in [1.29, 1.82) is 0 Å². The topological polar surface area (TPSA) is 74.5 Å². The predicted octanol–water partition coefficient (Wildman–Crippen LogP) is 2.33. The van der Waals surface area contributed by atoms with Crippen molar-refractivity contribution in [3.8, 4) is 0 Å². The highest BCUT2D eigenvalue weighted by atomic mass is 127. The molecule has 0 spiro atoms. The summed E-state index contributed by atoms with van der Waals surface area (Å²) in [4.78, 5) is 25.6. The van der Waals surface area contributed by atoms with Gasteiger partial charge in [-0.2, -0.15) is 0 Å². The van der Waals surface area contributed by atoms with Crippen LogP contribution in [0.4, 0.5) is 4.79 Å². The maximum absolute atomic E-state index is 12.3. The van der Waals surface area contributed by atoms with Crippen molar-refractivity contribution in [2.45, 2.75) is 39.0 Å². The Morgan fingerprint density at radius 1 is 1.32 bits per heavy atom. The Bertz CT molecular complexity index is 842. The molecule has 8 nitrogen and oxygen atoms in total. The van der Waals surface area contributed by atoms with Crippen LogP contribution in [0.25, 0.3) is 5.65 Å².